The van der Waals surface area contributed by atoms with Crippen molar-refractivity contribution in [3.8, 4) is 40.0 Å². The lowest BCUT2D eigenvalue weighted by Gasteiger charge is -2.24. The normalized spacial score (nSPS) is 13.0. The fraction of sp³-hybridized carbons (Fsp3) is 0.170. The van der Waals surface area contributed by atoms with Crippen molar-refractivity contribution in [2.75, 3.05) is 16.5 Å². The lowest BCUT2D eigenvalue weighted by atomic mass is 9.87. The predicted octanol–water partition coefficient (Wildman–Crippen LogP) is 13.2. The summed E-state index contributed by atoms with van der Waals surface area (Å²) >= 11 is 0. The molecule has 0 spiro atoms. The van der Waals surface area contributed by atoms with Crippen molar-refractivity contribution in [3.63, 3.8) is 0 Å². The number of nitrogens with zero attached hydrogens (tertiary/aromatic N) is 7. The maximum Gasteiger partial charge on any atom is 0.164 e. The molecule has 294 valence electrons. The first-order valence-electron chi connectivity index (χ1n) is 20.7. The molecule has 0 aliphatic carbocycles. The standard InChI is InChI=1S/C53H47N7/c1-52(2,3)38-24-26-40(27-25-38)58-34-59(46-22-13-12-21-45(46)58)41-18-14-17-36(31-41)50-55-49(35-15-8-7-9-16-35)56-51(57-50)37-23-28-43-42-19-10-11-20-44(42)60(47(43)32-37)48-33-39(29-30-54-48)53(4,5)6/h7-33H,34H2,1-6H3. The van der Waals surface area contributed by atoms with Crippen LogP contribution in [-0.2, 0) is 10.8 Å². The van der Waals surface area contributed by atoms with E-state index in [0.29, 0.717) is 24.1 Å². The molecule has 0 amide bonds. The van der Waals surface area contributed by atoms with Gasteiger partial charge in [-0.1, -0.05) is 139 Å². The van der Waals surface area contributed by atoms with Gasteiger partial charge in [-0.25, -0.2) is 19.9 Å². The molecule has 9 aromatic rings. The van der Waals surface area contributed by atoms with Crippen LogP contribution in [0.1, 0.15) is 52.7 Å². The smallest absolute Gasteiger partial charge is 0.164 e. The second-order valence-electron chi connectivity index (χ2n) is 17.7. The summed E-state index contributed by atoms with van der Waals surface area (Å²) < 4.78 is 2.27. The average molecular weight is 782 g/mol. The summed E-state index contributed by atoms with van der Waals surface area (Å²) in [5.74, 6) is 2.73. The van der Waals surface area contributed by atoms with E-state index >= 15 is 0 Å². The first kappa shape index (κ1) is 37.2. The van der Waals surface area contributed by atoms with Crippen LogP contribution < -0.4 is 9.80 Å². The van der Waals surface area contributed by atoms with Gasteiger partial charge in [-0.05, 0) is 82.6 Å². The van der Waals surface area contributed by atoms with Crippen molar-refractivity contribution < 1.29 is 0 Å². The Labute approximate surface area is 351 Å². The van der Waals surface area contributed by atoms with Crippen LogP contribution in [0.4, 0.5) is 22.7 Å². The number of benzene rings is 6. The fourth-order valence-electron chi connectivity index (χ4n) is 8.32. The van der Waals surface area contributed by atoms with Crippen LogP contribution in [0.2, 0.25) is 0 Å². The van der Waals surface area contributed by atoms with Gasteiger partial charge in [0.15, 0.2) is 17.5 Å². The third kappa shape index (κ3) is 6.66. The zero-order valence-corrected chi connectivity index (χ0v) is 34.9. The average Bonchev–Trinajstić information content (AvgIpc) is 3.82. The van der Waals surface area contributed by atoms with Crippen molar-refractivity contribution in [2.24, 2.45) is 0 Å². The van der Waals surface area contributed by atoms with Gasteiger partial charge in [-0.3, -0.25) is 4.57 Å². The number of fused-ring (bicyclic) bond motifs is 4. The highest BCUT2D eigenvalue weighted by Gasteiger charge is 2.29. The van der Waals surface area contributed by atoms with Crippen LogP contribution in [0.3, 0.4) is 0 Å². The quantitative estimate of drug-likeness (QED) is 0.167. The maximum atomic E-state index is 5.24. The van der Waals surface area contributed by atoms with E-state index in [1.54, 1.807) is 0 Å². The number of aromatic nitrogens is 5. The van der Waals surface area contributed by atoms with Crippen LogP contribution in [0.25, 0.3) is 61.8 Å². The molecule has 1 aliphatic rings. The molecule has 0 saturated heterocycles. The van der Waals surface area contributed by atoms with Crippen LogP contribution in [0.15, 0.2) is 164 Å². The number of rotatable bonds is 6. The molecule has 0 saturated carbocycles. The maximum absolute atomic E-state index is 5.24. The van der Waals surface area contributed by atoms with Crippen molar-refractivity contribution in [1.29, 1.82) is 0 Å². The van der Waals surface area contributed by atoms with E-state index in [1.165, 1.54) is 22.2 Å². The summed E-state index contributed by atoms with van der Waals surface area (Å²) in [5, 5.41) is 2.32. The number of pyridine rings is 1. The van der Waals surface area contributed by atoms with Crippen molar-refractivity contribution in [3.05, 3.63) is 175 Å². The summed E-state index contributed by atoms with van der Waals surface area (Å²) in [7, 11) is 0. The molecule has 1 aliphatic heterocycles. The molecule has 3 aromatic heterocycles. The largest absolute Gasteiger partial charge is 0.321 e. The molecule has 0 bridgehead atoms. The van der Waals surface area contributed by atoms with Gasteiger partial charge in [0.25, 0.3) is 0 Å². The van der Waals surface area contributed by atoms with Gasteiger partial charge in [-0.15, -0.1) is 0 Å². The van der Waals surface area contributed by atoms with Gasteiger partial charge in [0.2, 0.25) is 0 Å². The Morgan fingerprint density at radius 3 is 1.72 bits per heavy atom. The molecule has 0 radical (unpaired) electrons. The summed E-state index contributed by atoms with van der Waals surface area (Å²) in [4.78, 5) is 25.2. The van der Waals surface area contributed by atoms with E-state index in [0.717, 1.165) is 56.0 Å². The van der Waals surface area contributed by atoms with Crippen molar-refractivity contribution in [2.45, 2.75) is 52.4 Å². The van der Waals surface area contributed by atoms with Crippen molar-refractivity contribution in [1.82, 2.24) is 24.5 Å². The monoisotopic (exact) mass is 781 g/mol. The highest BCUT2D eigenvalue weighted by atomic mass is 15.4. The minimum atomic E-state index is -0.0239. The summed E-state index contributed by atoms with van der Waals surface area (Å²) in [6.45, 7) is 14.1. The Hall–Kier alpha value is -7.12. The first-order valence-corrected chi connectivity index (χ1v) is 20.7. The van der Waals surface area contributed by atoms with E-state index in [-0.39, 0.29) is 10.8 Å². The van der Waals surface area contributed by atoms with Gasteiger partial charge < -0.3 is 9.80 Å². The highest BCUT2D eigenvalue weighted by molar-refractivity contribution is 6.10. The van der Waals surface area contributed by atoms with Crippen molar-refractivity contribution >= 4 is 44.6 Å². The van der Waals surface area contributed by atoms with Crippen LogP contribution in [-0.4, -0.2) is 31.2 Å². The number of hydrogen-bond acceptors (Lipinski definition) is 6. The molecule has 10 rings (SSSR count). The van der Waals surface area contributed by atoms with Crippen LogP contribution >= 0.6 is 0 Å². The molecule has 7 heteroatoms. The fourth-order valence-corrected chi connectivity index (χ4v) is 8.32. The zero-order valence-electron chi connectivity index (χ0n) is 34.9. The molecular formula is C53H47N7. The SMILES string of the molecule is CC(C)(C)c1ccc(N2CN(c3cccc(-c4nc(-c5ccccc5)nc(-c5ccc6c7ccccc7n(-c7cc(C(C)(C)C)ccn7)c6c5)n4)c3)c3ccccc32)cc1. The Morgan fingerprint density at radius 1 is 0.433 bits per heavy atom. The molecule has 7 nitrogen and oxygen atoms in total. The molecule has 6 aromatic carbocycles. The summed E-state index contributed by atoms with van der Waals surface area (Å²) in [6, 6.07) is 55.7. The molecule has 0 unspecified atom stereocenters. The summed E-state index contributed by atoms with van der Waals surface area (Å²) in [5.41, 5.74) is 12.1. The molecule has 0 atom stereocenters. The van der Waals surface area contributed by atoms with Gasteiger partial charge in [-0.2, -0.15) is 0 Å². The number of anilines is 4. The minimum Gasteiger partial charge on any atom is -0.321 e. The number of hydrogen-bond donors (Lipinski definition) is 0. The van der Waals surface area contributed by atoms with E-state index in [4.69, 9.17) is 19.9 Å². The lowest BCUT2D eigenvalue weighted by Crippen LogP contribution is -2.24. The molecular weight excluding hydrogens is 735 g/mol. The number of para-hydroxylation sites is 3. The molecule has 0 N–H and O–H groups in total. The molecule has 60 heavy (non-hydrogen) atoms. The van der Waals surface area contributed by atoms with Crippen LogP contribution in [0, 0.1) is 0 Å². The van der Waals surface area contributed by atoms with E-state index in [9.17, 15) is 0 Å². The predicted molar refractivity (Wildman–Crippen MR) is 248 cm³/mol. The zero-order chi connectivity index (χ0) is 41.2. The summed E-state index contributed by atoms with van der Waals surface area (Å²) in [6.07, 6.45) is 1.92. The Balaban J connectivity index is 1.08. The van der Waals surface area contributed by atoms with Crippen LogP contribution in [0.5, 0.6) is 0 Å². The Morgan fingerprint density at radius 2 is 1.02 bits per heavy atom. The third-order valence-electron chi connectivity index (χ3n) is 11.6. The second kappa shape index (κ2) is 14.3. The Bertz CT molecular complexity index is 3040. The van der Waals surface area contributed by atoms with E-state index in [2.05, 4.69) is 195 Å². The first-order chi connectivity index (χ1) is 29.0. The third-order valence-corrected chi connectivity index (χ3v) is 11.6. The molecule has 4 heterocycles. The van der Waals surface area contributed by atoms with E-state index in [1.807, 2.05) is 24.4 Å². The van der Waals surface area contributed by atoms with Gasteiger partial charge in [0.05, 0.1) is 22.4 Å². The van der Waals surface area contributed by atoms with E-state index < -0.39 is 0 Å². The Kier molecular flexibility index (Phi) is 8.86. The topological polar surface area (TPSA) is 63.0 Å². The van der Waals surface area contributed by atoms with Gasteiger partial charge >= 0.3 is 0 Å². The van der Waals surface area contributed by atoms with Gasteiger partial charge in [0.1, 0.15) is 12.5 Å². The molecule has 0 fully saturated rings. The second-order valence-corrected chi connectivity index (χ2v) is 17.7. The minimum absolute atomic E-state index is 0.0239. The highest BCUT2D eigenvalue weighted by Crippen LogP contribution is 2.45. The van der Waals surface area contributed by atoms with Gasteiger partial charge in [0, 0.05) is 45.0 Å². The lowest BCUT2D eigenvalue weighted by molar-refractivity contribution is 0.588.